The van der Waals surface area contributed by atoms with Gasteiger partial charge in [0.2, 0.25) is 16.9 Å². The van der Waals surface area contributed by atoms with E-state index in [-0.39, 0.29) is 24.7 Å². The molecule has 0 saturated carbocycles. The molecule has 2 amide bonds. The number of benzene rings is 1. The van der Waals surface area contributed by atoms with Crippen molar-refractivity contribution in [2.75, 3.05) is 17.7 Å². The maximum Gasteiger partial charge on any atom is 0.226 e. The minimum atomic E-state index is -0.266. The van der Waals surface area contributed by atoms with Crippen molar-refractivity contribution in [1.82, 2.24) is 15.2 Å². The summed E-state index contributed by atoms with van der Waals surface area (Å²) in [6.45, 7) is 2.06. The smallest absolute Gasteiger partial charge is 0.226 e. The van der Waals surface area contributed by atoms with Crippen molar-refractivity contribution in [3.05, 3.63) is 35.5 Å². The van der Waals surface area contributed by atoms with E-state index in [0.717, 1.165) is 34.5 Å². The Balaban J connectivity index is 1.50. The Labute approximate surface area is 166 Å². The minimum absolute atomic E-state index is 0.0622. The number of anilines is 2. The normalized spacial score (nSPS) is 10.6. The highest BCUT2D eigenvalue weighted by molar-refractivity contribution is 7.15. The summed E-state index contributed by atoms with van der Waals surface area (Å²) in [7, 11) is 1.60. The van der Waals surface area contributed by atoms with Gasteiger partial charge in [-0.2, -0.15) is 0 Å². The Hall–Kier alpha value is -3.07. The number of hydrogen-bond donors (Lipinski definition) is 2. The zero-order valence-electron chi connectivity index (χ0n) is 15.7. The number of pyridine rings is 1. The molecule has 8 nitrogen and oxygen atoms in total. The van der Waals surface area contributed by atoms with E-state index in [0.29, 0.717) is 10.8 Å². The number of nitrogens with one attached hydrogen (secondary N) is 2. The fourth-order valence-electron chi connectivity index (χ4n) is 2.55. The molecule has 0 unspecified atom stereocenters. The summed E-state index contributed by atoms with van der Waals surface area (Å²) in [4.78, 5) is 28.4. The Bertz CT molecular complexity index is 989. The van der Waals surface area contributed by atoms with E-state index in [4.69, 9.17) is 4.74 Å². The fourth-order valence-corrected chi connectivity index (χ4v) is 3.41. The molecule has 28 heavy (non-hydrogen) atoms. The summed E-state index contributed by atoms with van der Waals surface area (Å²) in [5.74, 6) is 0.201. The zero-order chi connectivity index (χ0) is 19.9. The van der Waals surface area contributed by atoms with Gasteiger partial charge in [0.25, 0.3) is 0 Å². The molecule has 0 aliphatic heterocycles. The third-order valence-electron chi connectivity index (χ3n) is 3.93. The highest BCUT2D eigenvalue weighted by atomic mass is 32.1. The number of nitrogens with zero attached hydrogens (tertiary/aromatic N) is 3. The molecule has 0 fully saturated rings. The van der Waals surface area contributed by atoms with Gasteiger partial charge in [0.1, 0.15) is 10.8 Å². The average Bonchev–Trinajstić information content (AvgIpc) is 3.13. The summed E-state index contributed by atoms with van der Waals surface area (Å²) in [6, 6.07) is 7.36. The maximum absolute atomic E-state index is 12.1. The molecule has 0 spiro atoms. The largest absolute Gasteiger partial charge is 0.497 e. The summed E-state index contributed by atoms with van der Waals surface area (Å²) < 4.78 is 5.17. The highest BCUT2D eigenvalue weighted by Crippen LogP contribution is 2.22. The number of carbonyl (C=O) groups excluding carboxylic acids is 2. The quantitative estimate of drug-likeness (QED) is 0.601. The number of ether oxygens (including phenoxy) is 1. The summed E-state index contributed by atoms with van der Waals surface area (Å²) in [6.07, 6.45) is 3.51. The Kier molecular flexibility index (Phi) is 6.49. The standard InChI is InChI=1S/C19H21N5O3S/c1-3-4-18-23-24-19(28-18)22-17(26)8-7-16(25)21-13-9-12-5-6-14(27-2)10-15(12)20-11-13/h5-6,9-11H,3-4,7-8H2,1-2H3,(H,21,25)(H,22,24,26). The molecule has 0 atom stereocenters. The number of hydrogen-bond acceptors (Lipinski definition) is 7. The Morgan fingerprint density at radius 3 is 2.64 bits per heavy atom. The van der Waals surface area contributed by atoms with Crippen LogP contribution in [0.3, 0.4) is 0 Å². The van der Waals surface area contributed by atoms with Crippen LogP contribution in [0.1, 0.15) is 31.2 Å². The van der Waals surface area contributed by atoms with Crippen LogP contribution < -0.4 is 15.4 Å². The molecule has 0 aliphatic rings. The zero-order valence-corrected chi connectivity index (χ0v) is 16.5. The molecule has 0 bridgehead atoms. The lowest BCUT2D eigenvalue weighted by atomic mass is 10.2. The molecule has 0 radical (unpaired) electrons. The monoisotopic (exact) mass is 399 g/mol. The molecule has 1 aromatic carbocycles. The first-order valence-corrected chi connectivity index (χ1v) is 9.75. The van der Waals surface area contributed by atoms with E-state index in [2.05, 4.69) is 32.7 Å². The van der Waals surface area contributed by atoms with Crippen molar-refractivity contribution in [2.45, 2.75) is 32.6 Å². The predicted octanol–water partition coefficient (Wildman–Crippen LogP) is 3.40. The summed E-state index contributed by atoms with van der Waals surface area (Å²) in [5, 5.41) is 15.6. The van der Waals surface area contributed by atoms with Gasteiger partial charge in [0.15, 0.2) is 0 Å². The van der Waals surface area contributed by atoms with Crippen LogP contribution in [-0.4, -0.2) is 34.1 Å². The van der Waals surface area contributed by atoms with Gasteiger partial charge in [-0.1, -0.05) is 18.3 Å². The summed E-state index contributed by atoms with van der Waals surface area (Å²) >= 11 is 1.35. The van der Waals surface area contributed by atoms with Crippen LogP contribution in [0.2, 0.25) is 0 Å². The second kappa shape index (κ2) is 9.23. The van der Waals surface area contributed by atoms with Crippen molar-refractivity contribution in [3.8, 4) is 5.75 Å². The van der Waals surface area contributed by atoms with Crippen LogP contribution in [0.25, 0.3) is 10.9 Å². The van der Waals surface area contributed by atoms with Gasteiger partial charge in [0, 0.05) is 30.7 Å². The lowest BCUT2D eigenvalue weighted by molar-refractivity contribution is -0.121. The molecular weight excluding hydrogens is 378 g/mol. The number of methoxy groups -OCH3 is 1. The van der Waals surface area contributed by atoms with Crippen LogP contribution >= 0.6 is 11.3 Å². The summed E-state index contributed by atoms with van der Waals surface area (Å²) in [5.41, 5.74) is 1.35. The lowest BCUT2D eigenvalue weighted by Gasteiger charge is -2.07. The lowest BCUT2D eigenvalue weighted by Crippen LogP contribution is -2.17. The van der Waals surface area contributed by atoms with Gasteiger partial charge >= 0.3 is 0 Å². The van der Waals surface area contributed by atoms with Crippen LogP contribution in [0.5, 0.6) is 5.75 Å². The van der Waals surface area contributed by atoms with Crippen molar-refractivity contribution in [3.63, 3.8) is 0 Å². The van der Waals surface area contributed by atoms with Crippen LogP contribution in [0, 0.1) is 0 Å². The van der Waals surface area contributed by atoms with Crippen molar-refractivity contribution in [2.24, 2.45) is 0 Å². The van der Waals surface area contributed by atoms with Gasteiger partial charge < -0.3 is 15.4 Å². The van der Waals surface area contributed by atoms with Gasteiger partial charge in [-0.3, -0.25) is 14.6 Å². The van der Waals surface area contributed by atoms with Crippen molar-refractivity contribution < 1.29 is 14.3 Å². The first-order chi connectivity index (χ1) is 13.6. The SMILES string of the molecule is CCCc1nnc(NC(=O)CCC(=O)Nc2cnc3cc(OC)ccc3c2)s1. The van der Waals surface area contributed by atoms with Crippen LogP contribution in [0.4, 0.5) is 10.8 Å². The number of rotatable bonds is 8. The van der Waals surface area contributed by atoms with E-state index in [1.165, 1.54) is 11.3 Å². The van der Waals surface area contributed by atoms with Crippen molar-refractivity contribution in [1.29, 1.82) is 0 Å². The predicted molar refractivity (Wildman–Crippen MR) is 109 cm³/mol. The topological polar surface area (TPSA) is 106 Å². The van der Waals surface area contributed by atoms with Gasteiger partial charge in [-0.05, 0) is 24.6 Å². The van der Waals surface area contributed by atoms with Crippen LogP contribution in [0.15, 0.2) is 30.5 Å². The maximum atomic E-state index is 12.1. The molecule has 2 aromatic heterocycles. The van der Waals surface area contributed by atoms with E-state index in [1.54, 1.807) is 13.3 Å². The molecule has 0 aliphatic carbocycles. The third-order valence-corrected chi connectivity index (χ3v) is 4.83. The van der Waals surface area contributed by atoms with Gasteiger partial charge in [-0.25, -0.2) is 0 Å². The highest BCUT2D eigenvalue weighted by Gasteiger charge is 2.11. The molecule has 3 aromatic rings. The molecule has 9 heteroatoms. The number of fused-ring (bicyclic) bond motifs is 1. The van der Waals surface area contributed by atoms with Crippen molar-refractivity contribution >= 4 is 44.9 Å². The second-order valence-electron chi connectivity index (χ2n) is 6.13. The third kappa shape index (κ3) is 5.23. The second-order valence-corrected chi connectivity index (χ2v) is 7.19. The molecule has 0 saturated heterocycles. The molecule has 2 N–H and O–H groups in total. The molecular formula is C19H21N5O3S. The Morgan fingerprint density at radius 1 is 1.11 bits per heavy atom. The average molecular weight is 399 g/mol. The van der Waals surface area contributed by atoms with E-state index >= 15 is 0 Å². The number of aryl methyl sites for hydroxylation is 1. The molecule has 3 rings (SSSR count). The van der Waals surface area contributed by atoms with E-state index in [9.17, 15) is 9.59 Å². The minimum Gasteiger partial charge on any atom is -0.497 e. The number of amides is 2. The van der Waals surface area contributed by atoms with Gasteiger partial charge in [0.05, 0.1) is 24.5 Å². The molecule has 2 heterocycles. The first kappa shape index (κ1) is 19.7. The Morgan fingerprint density at radius 2 is 1.89 bits per heavy atom. The number of carbonyl (C=O) groups is 2. The van der Waals surface area contributed by atoms with E-state index in [1.807, 2.05) is 24.3 Å². The fraction of sp³-hybridized carbons (Fsp3) is 0.316. The first-order valence-electron chi connectivity index (χ1n) is 8.93. The molecule has 146 valence electrons. The number of aromatic nitrogens is 3. The van der Waals surface area contributed by atoms with Crippen LogP contribution in [-0.2, 0) is 16.0 Å². The van der Waals surface area contributed by atoms with E-state index < -0.39 is 0 Å². The van der Waals surface area contributed by atoms with Gasteiger partial charge in [-0.15, -0.1) is 10.2 Å².